The van der Waals surface area contributed by atoms with Gasteiger partial charge in [-0.05, 0) is 86.4 Å². The molecule has 296 valence electrons. The van der Waals surface area contributed by atoms with Gasteiger partial charge in [0.2, 0.25) is 0 Å². The number of ether oxygens (including phenoxy) is 6. The number of allylic oxidation sites excluding steroid dienone is 1. The van der Waals surface area contributed by atoms with Crippen LogP contribution in [0, 0.1) is 46.3 Å². The minimum Gasteiger partial charge on any atom is -0.394 e. The predicted molar refractivity (Wildman–Crippen MR) is 183 cm³/mol. The van der Waals surface area contributed by atoms with Crippen LogP contribution in [0.15, 0.2) is 11.6 Å². The van der Waals surface area contributed by atoms with Crippen molar-refractivity contribution in [2.75, 3.05) is 13.2 Å². The molecular formula is C39H62O13. The van der Waals surface area contributed by atoms with Crippen molar-refractivity contribution in [3.63, 3.8) is 0 Å². The Morgan fingerprint density at radius 2 is 1.62 bits per heavy atom. The van der Waals surface area contributed by atoms with Crippen LogP contribution >= 0.6 is 0 Å². The third-order valence-corrected chi connectivity index (χ3v) is 15.7. The normalized spacial score (nSPS) is 58.9. The minimum atomic E-state index is -1.62. The van der Waals surface area contributed by atoms with E-state index in [1.54, 1.807) is 0 Å². The van der Waals surface area contributed by atoms with Crippen LogP contribution in [-0.2, 0) is 28.4 Å². The zero-order valence-corrected chi connectivity index (χ0v) is 31.2. The molecule has 0 bridgehead atoms. The maximum absolute atomic E-state index is 11.1. The fourth-order valence-electron chi connectivity index (χ4n) is 12.5. The molecule has 22 atom stereocenters. The molecule has 0 aromatic heterocycles. The zero-order chi connectivity index (χ0) is 37.1. The smallest absolute Gasteiger partial charge is 0.187 e. The monoisotopic (exact) mass is 738 g/mol. The van der Waals surface area contributed by atoms with Gasteiger partial charge in [0.05, 0.1) is 37.6 Å². The maximum atomic E-state index is 11.1. The lowest BCUT2D eigenvalue weighted by Crippen LogP contribution is -2.64. The first-order chi connectivity index (χ1) is 24.6. The Bertz CT molecular complexity index is 1350. The lowest BCUT2D eigenvalue weighted by atomic mass is 9.47. The first kappa shape index (κ1) is 38.1. The molecule has 1 spiro atoms. The summed E-state index contributed by atoms with van der Waals surface area (Å²) in [5.74, 6) is 1.70. The Kier molecular flexibility index (Phi) is 10.0. The average molecular weight is 739 g/mol. The topological polar surface area (TPSA) is 197 Å². The Labute approximate surface area is 306 Å². The van der Waals surface area contributed by atoms with E-state index in [4.69, 9.17) is 28.4 Å². The van der Waals surface area contributed by atoms with Gasteiger partial charge in [0.25, 0.3) is 0 Å². The van der Waals surface area contributed by atoms with E-state index in [9.17, 15) is 35.7 Å². The predicted octanol–water partition coefficient (Wildman–Crippen LogP) is 1.36. The summed E-state index contributed by atoms with van der Waals surface area (Å²) in [4.78, 5) is 0. The largest absolute Gasteiger partial charge is 0.394 e. The second-order valence-corrected chi connectivity index (χ2v) is 18.4. The van der Waals surface area contributed by atoms with Crippen molar-refractivity contribution in [3.05, 3.63) is 11.6 Å². The van der Waals surface area contributed by atoms with E-state index < -0.39 is 79.9 Å². The molecule has 4 aliphatic heterocycles. The summed E-state index contributed by atoms with van der Waals surface area (Å²) in [6.07, 6.45) is -4.35. The van der Waals surface area contributed by atoms with Gasteiger partial charge in [-0.25, -0.2) is 0 Å². The van der Waals surface area contributed by atoms with Crippen molar-refractivity contribution in [1.29, 1.82) is 0 Å². The Balaban J connectivity index is 0.964. The summed E-state index contributed by atoms with van der Waals surface area (Å²) in [5, 5.41) is 73.7. The van der Waals surface area contributed by atoms with Crippen molar-refractivity contribution >= 4 is 0 Å². The number of fused-ring (bicyclic) bond motifs is 7. The first-order valence-corrected chi connectivity index (χ1v) is 19.9. The van der Waals surface area contributed by atoms with Gasteiger partial charge in [0.1, 0.15) is 42.7 Å². The Hall–Kier alpha value is -0.780. The highest BCUT2D eigenvalue weighted by Gasteiger charge is 2.69. The highest BCUT2D eigenvalue weighted by atomic mass is 16.8. The van der Waals surface area contributed by atoms with Gasteiger partial charge in [0, 0.05) is 18.3 Å². The van der Waals surface area contributed by atoms with Gasteiger partial charge in [-0.3, -0.25) is 0 Å². The molecule has 4 heterocycles. The van der Waals surface area contributed by atoms with Gasteiger partial charge >= 0.3 is 0 Å². The molecule has 7 fully saturated rings. The highest BCUT2D eigenvalue weighted by Crippen LogP contribution is 2.70. The van der Waals surface area contributed by atoms with E-state index in [1.165, 1.54) is 12.5 Å². The summed E-state index contributed by atoms with van der Waals surface area (Å²) < 4.78 is 37.4. The number of aliphatic hydroxyl groups is 7. The zero-order valence-electron chi connectivity index (χ0n) is 31.2. The van der Waals surface area contributed by atoms with E-state index in [0.29, 0.717) is 43.1 Å². The van der Waals surface area contributed by atoms with Crippen molar-refractivity contribution in [3.8, 4) is 0 Å². The first-order valence-electron chi connectivity index (χ1n) is 19.9. The molecule has 0 unspecified atom stereocenters. The molecule has 13 heteroatoms. The van der Waals surface area contributed by atoms with Crippen LogP contribution < -0.4 is 0 Å². The molecule has 13 nitrogen and oxygen atoms in total. The summed E-state index contributed by atoms with van der Waals surface area (Å²) in [6.45, 7) is 10.8. The van der Waals surface area contributed by atoms with E-state index >= 15 is 0 Å². The summed E-state index contributed by atoms with van der Waals surface area (Å²) in [5.41, 5.74) is 1.54. The molecule has 4 aliphatic carbocycles. The molecule has 4 saturated heterocycles. The fraction of sp³-hybridized carbons (Fsp3) is 0.949. The summed E-state index contributed by atoms with van der Waals surface area (Å²) >= 11 is 0. The third-order valence-electron chi connectivity index (χ3n) is 15.7. The highest BCUT2D eigenvalue weighted by molar-refractivity contribution is 5.26. The van der Waals surface area contributed by atoms with Crippen LogP contribution in [-0.4, -0.2) is 134 Å². The van der Waals surface area contributed by atoms with Crippen LogP contribution in [0.25, 0.3) is 0 Å². The van der Waals surface area contributed by atoms with Crippen molar-refractivity contribution in [2.45, 2.75) is 171 Å². The fourth-order valence-corrected chi connectivity index (χ4v) is 12.5. The Morgan fingerprint density at radius 1 is 0.846 bits per heavy atom. The molecule has 0 aromatic rings. The van der Waals surface area contributed by atoms with Crippen molar-refractivity contribution < 1.29 is 64.2 Å². The molecule has 8 rings (SSSR count). The van der Waals surface area contributed by atoms with Crippen LogP contribution in [0.1, 0.15) is 86.0 Å². The number of hydrogen-bond acceptors (Lipinski definition) is 13. The van der Waals surface area contributed by atoms with Crippen LogP contribution in [0.5, 0.6) is 0 Å². The van der Waals surface area contributed by atoms with Gasteiger partial charge in [0.15, 0.2) is 18.4 Å². The average Bonchev–Trinajstić information content (AvgIpc) is 3.56. The lowest BCUT2D eigenvalue weighted by molar-refractivity contribution is -0.369. The van der Waals surface area contributed by atoms with Gasteiger partial charge in [-0.2, -0.15) is 0 Å². The van der Waals surface area contributed by atoms with Crippen molar-refractivity contribution in [1.82, 2.24) is 0 Å². The van der Waals surface area contributed by atoms with E-state index in [1.807, 2.05) is 6.92 Å². The standard InChI is InChI=1S/C39H62O13/c1-17-16-47-39(14-25(17)41)18(2)28-26(52-39)13-24-22-7-6-20-12-21(8-10-37(20,4)23(22)9-11-38(24,28)5)49-36-34(32(45)30(43)27(15-40)50-36)51-35-33(46)31(44)29(42)19(3)48-35/h6,17-19,21-36,40-46H,7-16H2,1-5H3/t17-,18-,19-,21-,22+,23+,24-,25+,26-,27+,28-,29-,30+,31+,32-,33+,34+,35-,36+,37-,38-,39+/m0/s1. The maximum Gasteiger partial charge on any atom is 0.187 e. The summed E-state index contributed by atoms with van der Waals surface area (Å²) in [6, 6.07) is 0. The SMILES string of the molecule is C[C@@H]1O[C@@H](O[C@H]2[C@H](O[C@H]3CC[C@@]4(C)C(=CC[C@@H]5[C@H]4CC[C@]4(C)[C@@H]6[C@H](C[C@@H]54)O[C@]4(C[C@@H](O)[C@@H](C)CO4)[C@H]6C)C3)O[C@H](CO)[C@@H](O)[C@@H]2O)[C@H](O)[C@H](O)[C@H]1O. The summed E-state index contributed by atoms with van der Waals surface area (Å²) in [7, 11) is 0. The van der Waals surface area contributed by atoms with Gasteiger partial charge in [-0.1, -0.05) is 39.3 Å². The van der Waals surface area contributed by atoms with E-state index in [0.717, 1.165) is 38.5 Å². The molecular weight excluding hydrogens is 676 g/mol. The third kappa shape index (κ3) is 5.82. The molecule has 0 radical (unpaired) electrons. The Morgan fingerprint density at radius 3 is 2.35 bits per heavy atom. The molecule has 0 aromatic carbocycles. The second-order valence-electron chi connectivity index (χ2n) is 18.4. The molecule has 3 saturated carbocycles. The van der Waals surface area contributed by atoms with Crippen LogP contribution in [0.3, 0.4) is 0 Å². The number of aliphatic hydroxyl groups excluding tert-OH is 7. The number of rotatable bonds is 5. The molecule has 8 aliphatic rings. The van der Waals surface area contributed by atoms with E-state index in [-0.39, 0.29) is 34.9 Å². The molecule has 52 heavy (non-hydrogen) atoms. The number of hydrogen-bond donors (Lipinski definition) is 7. The lowest BCUT2D eigenvalue weighted by Gasteiger charge is -2.59. The minimum absolute atomic E-state index is 0.0159. The molecule has 0 amide bonds. The quantitative estimate of drug-likeness (QED) is 0.200. The van der Waals surface area contributed by atoms with Crippen LogP contribution in [0.4, 0.5) is 0 Å². The van der Waals surface area contributed by atoms with Crippen LogP contribution in [0.2, 0.25) is 0 Å². The van der Waals surface area contributed by atoms with Gasteiger partial charge < -0.3 is 64.2 Å². The van der Waals surface area contributed by atoms with Gasteiger partial charge in [-0.15, -0.1) is 0 Å². The molecule has 7 N–H and O–H groups in total. The van der Waals surface area contributed by atoms with Crippen molar-refractivity contribution in [2.24, 2.45) is 46.3 Å². The van der Waals surface area contributed by atoms with E-state index in [2.05, 4.69) is 26.8 Å². The second kappa shape index (κ2) is 13.7.